The van der Waals surface area contributed by atoms with Gasteiger partial charge in [-0.2, -0.15) is 9.97 Å². The zero-order chi connectivity index (χ0) is 25.2. The van der Waals surface area contributed by atoms with E-state index < -0.39 is 27.3 Å². The largest absolute Gasteiger partial charge is 0.479 e. The molecule has 0 aromatic carbocycles. The highest BCUT2D eigenvalue weighted by Gasteiger charge is 2.34. The van der Waals surface area contributed by atoms with Gasteiger partial charge in [0, 0.05) is 24.9 Å². The summed E-state index contributed by atoms with van der Waals surface area (Å²) in [5.74, 6) is 0.201. The number of sulfonamides is 1. The second kappa shape index (κ2) is 10.1. The summed E-state index contributed by atoms with van der Waals surface area (Å²) in [5, 5.41) is 7.53. The summed E-state index contributed by atoms with van der Waals surface area (Å²) in [5.41, 5.74) is 1.57. The zero-order valence-corrected chi connectivity index (χ0v) is 21.0. The van der Waals surface area contributed by atoms with E-state index in [4.69, 9.17) is 14.2 Å². The molecule has 0 radical (unpaired) electrons. The second-order valence-electron chi connectivity index (χ2n) is 8.18. The standard InChI is InChI=1S/C21H28N8O5S/c1-12-9-23-15(10-22-12)13(2)14(3)35(30,31)28-21-27-26-18(16-7-6-8-34-16)29(21)17-19(32-4)24-11-25-20(17)33-5/h9-11,13-14,16H,6-8H2,1-5H3,(H,27,28)/t13-,14-,16?/m0/s1. The molecule has 3 aromatic rings. The van der Waals surface area contributed by atoms with Crippen molar-refractivity contribution in [3.63, 3.8) is 0 Å². The fourth-order valence-electron chi connectivity index (χ4n) is 3.78. The number of methoxy groups -OCH3 is 2. The predicted molar refractivity (Wildman–Crippen MR) is 125 cm³/mol. The van der Waals surface area contributed by atoms with Crippen LogP contribution < -0.4 is 14.2 Å². The lowest BCUT2D eigenvalue weighted by molar-refractivity contribution is 0.103. The maximum atomic E-state index is 13.4. The minimum absolute atomic E-state index is 0.0593. The number of aryl methyl sites for hydroxylation is 1. The van der Waals surface area contributed by atoms with E-state index in [1.807, 2.05) is 6.92 Å². The van der Waals surface area contributed by atoms with Crippen molar-refractivity contribution in [2.45, 2.75) is 50.9 Å². The van der Waals surface area contributed by atoms with Crippen molar-refractivity contribution in [1.82, 2.24) is 34.7 Å². The number of nitrogens with one attached hydrogen (secondary N) is 1. The average molecular weight is 505 g/mol. The molecule has 1 saturated heterocycles. The Labute approximate surface area is 203 Å². The first-order valence-corrected chi connectivity index (χ1v) is 12.6. The van der Waals surface area contributed by atoms with E-state index in [0.717, 1.165) is 12.1 Å². The van der Waals surface area contributed by atoms with Gasteiger partial charge < -0.3 is 14.2 Å². The lowest BCUT2D eigenvalue weighted by Crippen LogP contribution is -2.31. The Kier molecular flexibility index (Phi) is 7.12. The van der Waals surface area contributed by atoms with Crippen molar-refractivity contribution in [3.8, 4) is 17.4 Å². The molecule has 1 N–H and O–H groups in total. The van der Waals surface area contributed by atoms with E-state index in [1.54, 1.807) is 26.2 Å². The van der Waals surface area contributed by atoms with Gasteiger partial charge in [0.1, 0.15) is 12.4 Å². The molecule has 0 saturated carbocycles. The normalized spacial score (nSPS) is 17.7. The van der Waals surface area contributed by atoms with Crippen LogP contribution in [0.15, 0.2) is 18.7 Å². The van der Waals surface area contributed by atoms with Gasteiger partial charge in [-0.15, -0.1) is 10.2 Å². The van der Waals surface area contributed by atoms with E-state index in [0.29, 0.717) is 24.5 Å². The van der Waals surface area contributed by atoms with Crippen LogP contribution >= 0.6 is 0 Å². The van der Waals surface area contributed by atoms with E-state index in [2.05, 4.69) is 34.9 Å². The lowest BCUT2D eigenvalue weighted by Gasteiger charge is -2.21. The van der Waals surface area contributed by atoms with Crippen LogP contribution in [0.4, 0.5) is 5.95 Å². The molecule has 13 nitrogen and oxygen atoms in total. The third-order valence-corrected chi connectivity index (χ3v) is 7.82. The molecule has 1 aliphatic heterocycles. The molecule has 14 heteroatoms. The smallest absolute Gasteiger partial charge is 0.245 e. The number of anilines is 1. The quantitative estimate of drug-likeness (QED) is 0.454. The molecule has 0 amide bonds. The third kappa shape index (κ3) is 4.89. The van der Waals surface area contributed by atoms with Crippen molar-refractivity contribution in [2.24, 2.45) is 0 Å². The Balaban J connectivity index is 1.76. The Bertz CT molecular complexity index is 1250. The number of nitrogens with zero attached hydrogens (tertiary/aromatic N) is 7. The molecule has 1 aliphatic rings. The highest BCUT2D eigenvalue weighted by atomic mass is 32.2. The van der Waals surface area contributed by atoms with Gasteiger partial charge in [0.05, 0.1) is 30.9 Å². The van der Waals surface area contributed by atoms with Crippen LogP contribution in [0.1, 0.15) is 55.9 Å². The lowest BCUT2D eigenvalue weighted by atomic mass is 10.1. The van der Waals surface area contributed by atoms with Gasteiger partial charge in [-0.3, -0.25) is 19.3 Å². The van der Waals surface area contributed by atoms with Gasteiger partial charge in [-0.05, 0) is 26.7 Å². The summed E-state index contributed by atoms with van der Waals surface area (Å²) in [4.78, 5) is 16.9. The zero-order valence-electron chi connectivity index (χ0n) is 20.2. The molecule has 1 fully saturated rings. The average Bonchev–Trinajstić information content (AvgIpc) is 3.52. The third-order valence-electron chi connectivity index (χ3n) is 5.97. The Morgan fingerprint density at radius 2 is 1.80 bits per heavy atom. The Morgan fingerprint density at radius 3 is 2.37 bits per heavy atom. The number of hydrogen-bond acceptors (Lipinski definition) is 11. The molecule has 3 atom stereocenters. The molecule has 188 valence electrons. The van der Waals surface area contributed by atoms with Gasteiger partial charge >= 0.3 is 0 Å². The van der Waals surface area contributed by atoms with Gasteiger partial charge in [-0.25, -0.2) is 8.42 Å². The first kappa shape index (κ1) is 24.7. The molecule has 4 rings (SSSR count). The van der Waals surface area contributed by atoms with Crippen molar-refractivity contribution >= 4 is 16.0 Å². The minimum Gasteiger partial charge on any atom is -0.479 e. The summed E-state index contributed by atoms with van der Waals surface area (Å²) in [7, 11) is -1.07. The predicted octanol–water partition coefficient (Wildman–Crippen LogP) is 1.96. The first-order chi connectivity index (χ1) is 16.8. The molecule has 0 aliphatic carbocycles. The fourth-order valence-corrected chi connectivity index (χ4v) is 5.03. The summed E-state index contributed by atoms with van der Waals surface area (Å²) in [6.07, 6.45) is 5.62. The van der Waals surface area contributed by atoms with Crippen LogP contribution in [-0.4, -0.2) is 69.2 Å². The number of hydrogen-bond donors (Lipinski definition) is 1. The summed E-state index contributed by atoms with van der Waals surface area (Å²) >= 11 is 0. The molecular formula is C21H28N8O5S. The van der Waals surface area contributed by atoms with Crippen molar-refractivity contribution < 1.29 is 22.6 Å². The molecule has 4 heterocycles. The van der Waals surface area contributed by atoms with Crippen LogP contribution in [0, 0.1) is 6.92 Å². The van der Waals surface area contributed by atoms with Crippen LogP contribution in [0.5, 0.6) is 11.8 Å². The van der Waals surface area contributed by atoms with Crippen LogP contribution in [0.25, 0.3) is 5.69 Å². The van der Waals surface area contributed by atoms with Crippen LogP contribution in [-0.2, 0) is 14.8 Å². The fraction of sp³-hybridized carbons (Fsp3) is 0.524. The van der Waals surface area contributed by atoms with E-state index >= 15 is 0 Å². The molecule has 3 aromatic heterocycles. The van der Waals surface area contributed by atoms with Crippen molar-refractivity contribution in [1.29, 1.82) is 0 Å². The number of ether oxygens (including phenoxy) is 3. The van der Waals surface area contributed by atoms with E-state index in [-0.39, 0.29) is 23.4 Å². The second-order valence-corrected chi connectivity index (χ2v) is 10.2. The van der Waals surface area contributed by atoms with Gasteiger partial charge in [-0.1, -0.05) is 6.92 Å². The molecule has 35 heavy (non-hydrogen) atoms. The maximum absolute atomic E-state index is 13.4. The Morgan fingerprint density at radius 1 is 1.09 bits per heavy atom. The van der Waals surface area contributed by atoms with Gasteiger partial charge in [0.15, 0.2) is 11.5 Å². The van der Waals surface area contributed by atoms with Crippen molar-refractivity contribution in [3.05, 3.63) is 35.9 Å². The molecule has 0 bridgehead atoms. The van der Waals surface area contributed by atoms with Crippen LogP contribution in [0.2, 0.25) is 0 Å². The van der Waals surface area contributed by atoms with Crippen LogP contribution in [0.3, 0.4) is 0 Å². The Hall–Kier alpha value is -3.39. The first-order valence-electron chi connectivity index (χ1n) is 11.1. The molecule has 1 unspecified atom stereocenters. The van der Waals surface area contributed by atoms with E-state index in [9.17, 15) is 8.42 Å². The molecule has 0 spiro atoms. The highest BCUT2D eigenvalue weighted by molar-refractivity contribution is 7.93. The number of aromatic nitrogens is 7. The summed E-state index contributed by atoms with van der Waals surface area (Å²) < 4.78 is 47.6. The maximum Gasteiger partial charge on any atom is 0.245 e. The highest BCUT2D eigenvalue weighted by Crippen LogP contribution is 2.37. The summed E-state index contributed by atoms with van der Waals surface area (Å²) in [6.45, 7) is 5.76. The monoisotopic (exact) mass is 504 g/mol. The van der Waals surface area contributed by atoms with Crippen molar-refractivity contribution in [2.75, 3.05) is 25.5 Å². The molecular weight excluding hydrogens is 476 g/mol. The van der Waals surface area contributed by atoms with Gasteiger partial charge in [0.2, 0.25) is 27.7 Å². The topological polar surface area (TPSA) is 156 Å². The van der Waals surface area contributed by atoms with E-state index in [1.165, 1.54) is 25.1 Å². The summed E-state index contributed by atoms with van der Waals surface area (Å²) in [6, 6.07) is 0. The number of rotatable bonds is 9. The SMILES string of the molecule is COc1ncnc(OC)c1-n1c(NS(=O)(=O)[C@@H](C)[C@H](C)c2cnc(C)cn2)nnc1C1CCCO1. The minimum atomic E-state index is -3.96. The van der Waals surface area contributed by atoms with Gasteiger partial charge in [0.25, 0.3) is 0 Å².